The lowest BCUT2D eigenvalue weighted by molar-refractivity contribution is 0.0724. The fourth-order valence-corrected chi connectivity index (χ4v) is 3.72. The highest BCUT2D eigenvalue weighted by atomic mass is 79.9. The molecule has 2 rings (SSSR count). The number of ether oxygens (including phenoxy) is 1. The third-order valence-electron chi connectivity index (χ3n) is 3.18. The van der Waals surface area contributed by atoms with Gasteiger partial charge in [-0.15, -0.1) is 0 Å². The number of hydrogen-bond donors (Lipinski definition) is 1. The van der Waals surface area contributed by atoms with Crippen molar-refractivity contribution in [3.05, 3.63) is 0 Å². The van der Waals surface area contributed by atoms with E-state index in [1.165, 1.54) is 4.31 Å². The second-order valence-electron chi connectivity index (χ2n) is 4.47. The quantitative estimate of drug-likeness (QED) is 0.744. The van der Waals surface area contributed by atoms with Crippen molar-refractivity contribution in [1.82, 2.24) is 9.03 Å². The number of hydrogen-bond acceptors (Lipinski definition) is 3. The fraction of sp³-hybridized carbons (Fsp3) is 1.00. The molecule has 0 aromatic carbocycles. The van der Waals surface area contributed by atoms with Crippen molar-refractivity contribution in [1.29, 1.82) is 0 Å². The highest BCUT2D eigenvalue weighted by Crippen LogP contribution is 2.46. The maximum atomic E-state index is 11.9. The lowest BCUT2D eigenvalue weighted by atomic mass is 10.1. The van der Waals surface area contributed by atoms with Crippen LogP contribution in [0.3, 0.4) is 0 Å². The lowest BCUT2D eigenvalue weighted by Crippen LogP contribution is -2.48. The van der Waals surface area contributed by atoms with Crippen molar-refractivity contribution in [2.24, 2.45) is 5.41 Å². The van der Waals surface area contributed by atoms with E-state index in [0.29, 0.717) is 32.8 Å². The Morgan fingerprint density at radius 3 is 2.44 bits per heavy atom. The molecule has 5 nitrogen and oxygen atoms in total. The Morgan fingerprint density at radius 2 is 1.94 bits per heavy atom. The molecule has 0 aromatic heterocycles. The first-order valence-corrected chi connectivity index (χ1v) is 8.03. The summed E-state index contributed by atoms with van der Waals surface area (Å²) in [6.45, 7) is 2.43. The van der Waals surface area contributed by atoms with Crippen LogP contribution in [0.4, 0.5) is 0 Å². The molecule has 0 unspecified atom stereocenters. The summed E-state index contributed by atoms with van der Waals surface area (Å²) < 4.78 is 33.1. The van der Waals surface area contributed by atoms with Gasteiger partial charge in [-0.3, -0.25) is 0 Å². The fourth-order valence-electron chi connectivity index (χ4n) is 1.66. The van der Waals surface area contributed by atoms with Gasteiger partial charge >= 0.3 is 0 Å². The number of morpholine rings is 1. The molecule has 1 heterocycles. The predicted molar refractivity (Wildman–Crippen MR) is 64.8 cm³/mol. The summed E-state index contributed by atoms with van der Waals surface area (Å²) in [5.74, 6) is 0. The second-order valence-corrected chi connectivity index (χ2v) is 6.79. The van der Waals surface area contributed by atoms with Gasteiger partial charge < -0.3 is 4.74 Å². The summed E-state index contributed by atoms with van der Waals surface area (Å²) in [5.41, 5.74) is 0.166. The van der Waals surface area contributed by atoms with Crippen molar-refractivity contribution in [2.45, 2.75) is 12.8 Å². The highest BCUT2D eigenvalue weighted by molar-refractivity contribution is 9.09. The van der Waals surface area contributed by atoms with Crippen molar-refractivity contribution < 1.29 is 13.2 Å². The maximum Gasteiger partial charge on any atom is 0.279 e. The second kappa shape index (κ2) is 4.89. The van der Waals surface area contributed by atoms with E-state index in [9.17, 15) is 8.42 Å². The van der Waals surface area contributed by atoms with Crippen LogP contribution in [-0.4, -0.2) is 50.9 Å². The molecule has 1 aliphatic carbocycles. The van der Waals surface area contributed by atoms with Crippen LogP contribution in [-0.2, 0) is 14.9 Å². The maximum absolute atomic E-state index is 11.9. The molecule has 0 bridgehead atoms. The molecule has 1 saturated carbocycles. The Hall–Kier alpha value is 0.310. The van der Waals surface area contributed by atoms with Crippen LogP contribution in [0, 0.1) is 5.41 Å². The zero-order valence-electron chi connectivity index (χ0n) is 9.12. The minimum absolute atomic E-state index is 0.166. The molecule has 2 aliphatic rings. The van der Waals surface area contributed by atoms with Crippen LogP contribution >= 0.6 is 15.9 Å². The predicted octanol–water partition coefficient (Wildman–Crippen LogP) is 0.328. The number of halogens is 1. The molecule has 7 heteroatoms. The van der Waals surface area contributed by atoms with Crippen LogP contribution in [0.2, 0.25) is 0 Å². The first-order chi connectivity index (χ1) is 7.58. The van der Waals surface area contributed by atoms with E-state index in [2.05, 4.69) is 20.7 Å². The normalized spacial score (nSPS) is 25.6. The van der Waals surface area contributed by atoms with Gasteiger partial charge in [0.05, 0.1) is 13.2 Å². The molecule has 94 valence electrons. The van der Waals surface area contributed by atoms with Crippen LogP contribution in [0.15, 0.2) is 0 Å². The third-order valence-corrected chi connectivity index (χ3v) is 5.92. The number of alkyl halides is 1. The van der Waals surface area contributed by atoms with Gasteiger partial charge in [-0.05, 0) is 18.3 Å². The van der Waals surface area contributed by atoms with Crippen molar-refractivity contribution in [3.63, 3.8) is 0 Å². The summed E-state index contributed by atoms with van der Waals surface area (Å²) in [6, 6.07) is 0. The van der Waals surface area contributed by atoms with E-state index in [4.69, 9.17) is 4.74 Å². The van der Waals surface area contributed by atoms with Gasteiger partial charge in [0.25, 0.3) is 10.2 Å². The topological polar surface area (TPSA) is 58.6 Å². The van der Waals surface area contributed by atoms with E-state index >= 15 is 0 Å². The van der Waals surface area contributed by atoms with E-state index < -0.39 is 10.2 Å². The summed E-state index contributed by atoms with van der Waals surface area (Å²) in [4.78, 5) is 0. The van der Waals surface area contributed by atoms with E-state index in [-0.39, 0.29) is 5.41 Å². The first kappa shape index (κ1) is 12.8. The van der Waals surface area contributed by atoms with Crippen LogP contribution in [0.25, 0.3) is 0 Å². The Bertz CT molecular complexity index is 337. The average molecular weight is 313 g/mol. The highest BCUT2D eigenvalue weighted by Gasteiger charge is 2.42. The molecule has 1 aliphatic heterocycles. The summed E-state index contributed by atoms with van der Waals surface area (Å²) in [5, 5.41) is 0.867. The Balaban J connectivity index is 1.87. The number of rotatable bonds is 5. The summed E-state index contributed by atoms with van der Waals surface area (Å²) in [7, 11) is -3.30. The van der Waals surface area contributed by atoms with Gasteiger partial charge in [0, 0.05) is 25.0 Å². The Labute approximate surface area is 105 Å². The Kier molecular flexibility index (Phi) is 3.90. The van der Waals surface area contributed by atoms with Gasteiger partial charge in [-0.25, -0.2) is 4.72 Å². The molecule has 1 N–H and O–H groups in total. The van der Waals surface area contributed by atoms with Crippen molar-refractivity contribution >= 4 is 26.1 Å². The van der Waals surface area contributed by atoms with E-state index in [1.54, 1.807) is 0 Å². The standard InChI is InChI=1S/C9H17BrN2O3S/c10-7-9(1-2-9)8-11-16(13,14)12-3-5-15-6-4-12/h11H,1-8H2. The largest absolute Gasteiger partial charge is 0.379 e. The molecule has 0 atom stereocenters. The van der Waals surface area contributed by atoms with Gasteiger partial charge in [0.15, 0.2) is 0 Å². The number of nitrogens with zero attached hydrogens (tertiary/aromatic N) is 1. The van der Waals surface area contributed by atoms with Gasteiger partial charge in [0.1, 0.15) is 0 Å². The van der Waals surface area contributed by atoms with Crippen LogP contribution < -0.4 is 4.72 Å². The van der Waals surface area contributed by atoms with Crippen molar-refractivity contribution in [2.75, 3.05) is 38.2 Å². The molecule has 0 radical (unpaired) electrons. The molecular formula is C9H17BrN2O3S. The molecule has 1 saturated heterocycles. The Morgan fingerprint density at radius 1 is 1.31 bits per heavy atom. The van der Waals surface area contributed by atoms with Crippen LogP contribution in [0.1, 0.15) is 12.8 Å². The first-order valence-electron chi connectivity index (χ1n) is 5.46. The monoisotopic (exact) mass is 312 g/mol. The minimum Gasteiger partial charge on any atom is -0.379 e. The zero-order chi connectivity index (χ0) is 11.6. The van der Waals surface area contributed by atoms with Crippen molar-refractivity contribution in [3.8, 4) is 0 Å². The summed E-state index contributed by atoms with van der Waals surface area (Å²) >= 11 is 3.43. The van der Waals surface area contributed by atoms with E-state index in [0.717, 1.165) is 18.2 Å². The van der Waals surface area contributed by atoms with E-state index in [1.807, 2.05) is 0 Å². The molecule has 0 aromatic rings. The smallest absolute Gasteiger partial charge is 0.279 e. The van der Waals surface area contributed by atoms with Gasteiger partial charge in [-0.2, -0.15) is 12.7 Å². The zero-order valence-corrected chi connectivity index (χ0v) is 11.5. The van der Waals surface area contributed by atoms with Gasteiger partial charge in [0.2, 0.25) is 0 Å². The third kappa shape index (κ3) is 2.95. The molecule has 0 amide bonds. The van der Waals surface area contributed by atoms with Gasteiger partial charge in [-0.1, -0.05) is 15.9 Å². The average Bonchev–Trinajstić information content (AvgIpc) is 3.09. The molecule has 16 heavy (non-hydrogen) atoms. The van der Waals surface area contributed by atoms with Crippen LogP contribution in [0.5, 0.6) is 0 Å². The molecular weight excluding hydrogens is 296 g/mol. The SMILES string of the molecule is O=S(=O)(NCC1(CBr)CC1)N1CCOCC1. The number of nitrogens with one attached hydrogen (secondary N) is 1. The minimum atomic E-state index is -3.30. The lowest BCUT2D eigenvalue weighted by Gasteiger charge is -2.26. The molecule has 2 fully saturated rings. The summed E-state index contributed by atoms with van der Waals surface area (Å²) in [6.07, 6.45) is 2.20. The molecule has 0 spiro atoms.